The van der Waals surface area contributed by atoms with Gasteiger partial charge in [0.1, 0.15) is 0 Å². The number of carbonyl (C=O) groups excluding carboxylic acids is 1. The lowest BCUT2D eigenvalue weighted by Gasteiger charge is -2.18. The highest BCUT2D eigenvalue weighted by Crippen LogP contribution is 2.34. The maximum atomic E-state index is 12.5. The molecule has 1 amide bonds. The van der Waals surface area contributed by atoms with Gasteiger partial charge in [-0.1, -0.05) is 44.2 Å². The molecule has 126 valence electrons. The Kier molecular flexibility index (Phi) is 3.81. The number of thiazole rings is 2. The number of anilines is 1. The fourth-order valence-electron chi connectivity index (χ4n) is 2.65. The molecule has 0 aliphatic carbocycles. The monoisotopic (exact) mass is 367 g/mol. The van der Waals surface area contributed by atoms with Gasteiger partial charge in [-0.3, -0.25) is 10.1 Å². The van der Waals surface area contributed by atoms with Crippen molar-refractivity contribution >= 4 is 54.1 Å². The van der Waals surface area contributed by atoms with Gasteiger partial charge in [-0.05, 0) is 35.2 Å². The summed E-state index contributed by atoms with van der Waals surface area (Å²) in [4.78, 5) is 21.4. The maximum absolute atomic E-state index is 12.5. The van der Waals surface area contributed by atoms with Gasteiger partial charge in [0.2, 0.25) is 0 Å². The number of hydrogen-bond donors (Lipinski definition) is 1. The first-order valence-electron chi connectivity index (χ1n) is 7.96. The second kappa shape index (κ2) is 5.89. The molecular weight excluding hydrogens is 350 g/mol. The minimum atomic E-state index is -0.139. The van der Waals surface area contributed by atoms with E-state index in [1.54, 1.807) is 11.3 Å². The van der Waals surface area contributed by atoms with Crippen LogP contribution in [0.5, 0.6) is 0 Å². The van der Waals surface area contributed by atoms with Crippen molar-refractivity contribution in [3.05, 3.63) is 53.0 Å². The van der Waals surface area contributed by atoms with E-state index in [4.69, 9.17) is 0 Å². The van der Waals surface area contributed by atoms with Crippen LogP contribution >= 0.6 is 22.7 Å². The van der Waals surface area contributed by atoms with Crippen LogP contribution in [0.25, 0.3) is 20.4 Å². The normalized spacial score (nSPS) is 12.0. The second-order valence-electron chi connectivity index (χ2n) is 6.91. The fraction of sp³-hybridized carbons (Fsp3) is 0.211. The number of nitrogens with zero attached hydrogens (tertiary/aromatic N) is 2. The minimum absolute atomic E-state index is 0.0716. The van der Waals surface area contributed by atoms with E-state index in [1.807, 2.05) is 41.9 Å². The van der Waals surface area contributed by atoms with E-state index in [2.05, 4.69) is 36.1 Å². The molecule has 0 fully saturated rings. The van der Waals surface area contributed by atoms with Crippen LogP contribution in [0, 0.1) is 0 Å². The molecule has 4 aromatic rings. The molecule has 4 nitrogen and oxygen atoms in total. The van der Waals surface area contributed by atoms with Gasteiger partial charge < -0.3 is 0 Å². The molecule has 0 unspecified atom stereocenters. The zero-order chi connectivity index (χ0) is 17.6. The van der Waals surface area contributed by atoms with E-state index >= 15 is 0 Å². The molecule has 0 atom stereocenters. The molecule has 0 spiro atoms. The third kappa shape index (κ3) is 3.03. The van der Waals surface area contributed by atoms with Crippen LogP contribution in [0.4, 0.5) is 5.13 Å². The summed E-state index contributed by atoms with van der Waals surface area (Å²) in [5.41, 5.74) is 5.60. The van der Waals surface area contributed by atoms with Crippen LogP contribution < -0.4 is 5.32 Å². The van der Waals surface area contributed by atoms with E-state index < -0.39 is 0 Å². The molecule has 0 bridgehead atoms. The molecule has 4 rings (SSSR count). The molecular formula is C19H17N3OS2. The number of hydrogen-bond acceptors (Lipinski definition) is 5. The summed E-state index contributed by atoms with van der Waals surface area (Å²) in [5, 5.41) is 3.53. The lowest BCUT2D eigenvalue weighted by molar-refractivity contribution is 0.102. The summed E-state index contributed by atoms with van der Waals surface area (Å²) in [6.07, 6.45) is 0. The molecule has 25 heavy (non-hydrogen) atoms. The van der Waals surface area contributed by atoms with Gasteiger partial charge in [-0.15, -0.1) is 11.3 Å². The van der Waals surface area contributed by atoms with Crippen LogP contribution in [0.3, 0.4) is 0 Å². The zero-order valence-corrected chi connectivity index (χ0v) is 15.8. The summed E-state index contributed by atoms with van der Waals surface area (Å²) in [5.74, 6) is -0.139. The second-order valence-corrected chi connectivity index (χ2v) is 8.77. The quantitative estimate of drug-likeness (QED) is 0.512. The van der Waals surface area contributed by atoms with Crippen molar-refractivity contribution in [3.63, 3.8) is 0 Å². The average molecular weight is 367 g/mol. The number of fused-ring (bicyclic) bond motifs is 3. The van der Waals surface area contributed by atoms with Gasteiger partial charge in [0.25, 0.3) is 5.91 Å². The number of amides is 1. The molecule has 6 heteroatoms. The Morgan fingerprint density at radius 1 is 1.00 bits per heavy atom. The Balaban J connectivity index is 1.61. The topological polar surface area (TPSA) is 54.9 Å². The molecule has 0 saturated heterocycles. The Labute approximate surface area is 153 Å². The number of aromatic nitrogens is 2. The van der Waals surface area contributed by atoms with Gasteiger partial charge in [0.15, 0.2) is 5.13 Å². The highest BCUT2D eigenvalue weighted by atomic mass is 32.1. The minimum Gasteiger partial charge on any atom is -0.298 e. The smallest absolute Gasteiger partial charge is 0.257 e. The third-order valence-corrected chi connectivity index (χ3v) is 6.08. The van der Waals surface area contributed by atoms with Crippen molar-refractivity contribution in [2.24, 2.45) is 0 Å². The average Bonchev–Trinajstić information content (AvgIpc) is 3.19. The van der Waals surface area contributed by atoms with Crippen molar-refractivity contribution in [1.29, 1.82) is 0 Å². The molecule has 0 aliphatic rings. The SMILES string of the molecule is CC(C)(C)c1ccc(C(=O)Nc2nc3ccc4ncsc4c3s2)cc1. The van der Waals surface area contributed by atoms with E-state index in [9.17, 15) is 4.79 Å². The summed E-state index contributed by atoms with van der Waals surface area (Å²) < 4.78 is 2.18. The first kappa shape index (κ1) is 16.2. The number of nitrogens with one attached hydrogen (secondary N) is 1. The van der Waals surface area contributed by atoms with Crippen LogP contribution in [0.15, 0.2) is 41.9 Å². The Morgan fingerprint density at radius 3 is 2.44 bits per heavy atom. The molecule has 2 aromatic carbocycles. The van der Waals surface area contributed by atoms with E-state index in [1.165, 1.54) is 16.9 Å². The molecule has 0 aliphatic heterocycles. The molecule has 2 heterocycles. The van der Waals surface area contributed by atoms with Crippen LogP contribution in [-0.2, 0) is 5.41 Å². The lowest BCUT2D eigenvalue weighted by atomic mass is 9.87. The third-order valence-electron chi connectivity index (χ3n) is 4.09. The summed E-state index contributed by atoms with van der Waals surface area (Å²) in [6.45, 7) is 6.47. The Hall–Kier alpha value is -2.31. The van der Waals surface area contributed by atoms with Gasteiger partial charge in [0, 0.05) is 5.56 Å². The Morgan fingerprint density at radius 2 is 1.72 bits per heavy atom. The summed E-state index contributed by atoms with van der Waals surface area (Å²) in [7, 11) is 0. The van der Waals surface area contributed by atoms with E-state index in [0.717, 1.165) is 20.4 Å². The fourth-order valence-corrected chi connectivity index (χ4v) is 4.54. The zero-order valence-electron chi connectivity index (χ0n) is 14.2. The van der Waals surface area contributed by atoms with Gasteiger partial charge in [-0.2, -0.15) is 0 Å². The first-order valence-corrected chi connectivity index (χ1v) is 9.66. The summed E-state index contributed by atoms with van der Waals surface area (Å²) in [6, 6.07) is 11.7. The standard InChI is InChI=1S/C19H17N3OS2/c1-19(2,3)12-6-4-11(5-7-12)17(23)22-18-21-14-9-8-13-15(16(14)25-18)24-10-20-13/h4-10H,1-3H3,(H,21,22,23). The number of benzene rings is 2. The van der Waals surface area contributed by atoms with Gasteiger partial charge in [-0.25, -0.2) is 9.97 Å². The van der Waals surface area contributed by atoms with Crippen LogP contribution in [-0.4, -0.2) is 15.9 Å². The van der Waals surface area contributed by atoms with Gasteiger partial charge >= 0.3 is 0 Å². The van der Waals surface area contributed by atoms with E-state index in [0.29, 0.717) is 10.7 Å². The van der Waals surface area contributed by atoms with Crippen molar-refractivity contribution in [1.82, 2.24) is 9.97 Å². The molecule has 2 aromatic heterocycles. The van der Waals surface area contributed by atoms with Gasteiger partial charge in [0.05, 0.1) is 25.9 Å². The largest absolute Gasteiger partial charge is 0.298 e. The summed E-state index contributed by atoms with van der Waals surface area (Å²) >= 11 is 3.09. The molecule has 1 N–H and O–H groups in total. The predicted molar refractivity (Wildman–Crippen MR) is 106 cm³/mol. The van der Waals surface area contributed by atoms with Crippen LogP contribution in [0.2, 0.25) is 0 Å². The van der Waals surface area contributed by atoms with Crippen molar-refractivity contribution in [3.8, 4) is 0 Å². The Bertz CT molecular complexity index is 1070. The van der Waals surface area contributed by atoms with Crippen molar-refractivity contribution in [2.45, 2.75) is 26.2 Å². The molecule has 0 radical (unpaired) electrons. The predicted octanol–water partition coefficient (Wildman–Crippen LogP) is 5.46. The molecule has 0 saturated carbocycles. The lowest BCUT2D eigenvalue weighted by Crippen LogP contribution is -2.14. The maximum Gasteiger partial charge on any atom is 0.257 e. The van der Waals surface area contributed by atoms with Crippen molar-refractivity contribution in [2.75, 3.05) is 5.32 Å². The van der Waals surface area contributed by atoms with Crippen molar-refractivity contribution < 1.29 is 4.79 Å². The van der Waals surface area contributed by atoms with Crippen LogP contribution in [0.1, 0.15) is 36.7 Å². The number of carbonyl (C=O) groups is 1. The van der Waals surface area contributed by atoms with E-state index in [-0.39, 0.29) is 11.3 Å². The first-order chi connectivity index (χ1) is 11.9. The highest BCUT2D eigenvalue weighted by molar-refractivity contribution is 7.28. The highest BCUT2D eigenvalue weighted by Gasteiger charge is 2.16. The number of rotatable bonds is 2.